The normalized spacial score (nSPS) is 18.5. The lowest BCUT2D eigenvalue weighted by atomic mass is 9.97. The van der Waals surface area contributed by atoms with Crippen molar-refractivity contribution in [3.63, 3.8) is 0 Å². The highest BCUT2D eigenvalue weighted by Gasteiger charge is 2.39. The SMILES string of the molecule is CCCN1C=C(C)N2CC(=O)NN2C1Cc1ccc(-c2ccccc2-c2nnn[nH]2)cc1. The molecule has 2 aromatic carbocycles. The Morgan fingerprint density at radius 3 is 2.59 bits per heavy atom. The van der Waals surface area contributed by atoms with Gasteiger partial charge in [-0.15, -0.1) is 10.2 Å². The van der Waals surface area contributed by atoms with Crippen LogP contribution < -0.4 is 5.43 Å². The molecule has 9 heteroatoms. The summed E-state index contributed by atoms with van der Waals surface area (Å²) in [5.74, 6) is 0.670. The molecule has 1 amide bonds. The maximum absolute atomic E-state index is 12.1. The van der Waals surface area contributed by atoms with Crippen LogP contribution in [-0.2, 0) is 11.2 Å². The molecule has 1 atom stereocenters. The molecule has 1 saturated heterocycles. The van der Waals surface area contributed by atoms with E-state index in [2.05, 4.69) is 74.4 Å². The standard InChI is InChI=1S/C23H26N8O/c1-3-12-29-14-16(2)30-15-21(32)26-31(30)22(29)13-17-8-10-18(11-9-17)19-6-4-5-7-20(19)23-24-27-28-25-23/h4-11,14,22H,3,12-13,15H2,1-2H3,(H,26,32)(H,24,25,27,28). The van der Waals surface area contributed by atoms with Crippen LogP contribution >= 0.6 is 0 Å². The minimum absolute atomic E-state index is 0.0231. The fourth-order valence-corrected chi connectivity index (χ4v) is 4.42. The van der Waals surface area contributed by atoms with Gasteiger partial charge in [0.2, 0.25) is 0 Å². The van der Waals surface area contributed by atoms with Gasteiger partial charge in [0, 0.05) is 30.4 Å². The smallest absolute Gasteiger partial charge is 0.257 e. The highest BCUT2D eigenvalue weighted by atomic mass is 16.2. The first-order valence-electron chi connectivity index (χ1n) is 10.9. The first-order valence-corrected chi connectivity index (χ1v) is 10.9. The Morgan fingerprint density at radius 1 is 1.09 bits per heavy atom. The van der Waals surface area contributed by atoms with Gasteiger partial charge in [0.15, 0.2) is 5.82 Å². The molecular formula is C23H26N8O. The highest BCUT2D eigenvalue weighted by Crippen LogP contribution is 2.31. The second kappa shape index (κ2) is 8.43. The van der Waals surface area contributed by atoms with Crippen LogP contribution in [0.4, 0.5) is 0 Å². The molecule has 0 radical (unpaired) electrons. The number of nitrogens with one attached hydrogen (secondary N) is 2. The predicted molar refractivity (Wildman–Crippen MR) is 120 cm³/mol. The van der Waals surface area contributed by atoms with Crippen molar-refractivity contribution in [2.75, 3.05) is 13.1 Å². The third kappa shape index (κ3) is 3.71. The Balaban J connectivity index is 1.41. The van der Waals surface area contributed by atoms with Crippen molar-refractivity contribution in [2.24, 2.45) is 0 Å². The average Bonchev–Trinajstić information content (AvgIpc) is 3.47. The summed E-state index contributed by atoms with van der Waals surface area (Å²) in [6.45, 7) is 5.51. The van der Waals surface area contributed by atoms with Crippen molar-refractivity contribution in [3.05, 3.63) is 66.0 Å². The number of hydrazine groups is 2. The molecule has 164 valence electrons. The Morgan fingerprint density at radius 2 is 1.88 bits per heavy atom. The van der Waals surface area contributed by atoms with E-state index in [-0.39, 0.29) is 12.1 Å². The molecule has 1 aromatic heterocycles. The Kier molecular flexibility index (Phi) is 5.32. The number of allylic oxidation sites excluding steroid dienone is 1. The summed E-state index contributed by atoms with van der Waals surface area (Å²) in [6.07, 6.45) is 4.02. The van der Waals surface area contributed by atoms with Crippen LogP contribution in [-0.4, -0.2) is 60.8 Å². The van der Waals surface area contributed by atoms with E-state index in [1.807, 2.05) is 35.2 Å². The molecular weight excluding hydrogens is 404 g/mol. The molecule has 0 bridgehead atoms. The largest absolute Gasteiger partial charge is 0.357 e. The number of aromatic nitrogens is 4. The molecule has 2 aliphatic heterocycles. The van der Waals surface area contributed by atoms with Gasteiger partial charge in [0.1, 0.15) is 12.7 Å². The molecule has 9 nitrogen and oxygen atoms in total. The first-order chi connectivity index (χ1) is 15.6. The van der Waals surface area contributed by atoms with Crippen LogP contribution in [0.25, 0.3) is 22.5 Å². The van der Waals surface area contributed by atoms with E-state index in [4.69, 9.17) is 0 Å². The zero-order valence-electron chi connectivity index (χ0n) is 18.2. The zero-order chi connectivity index (χ0) is 22.1. The molecule has 3 heterocycles. The van der Waals surface area contributed by atoms with Gasteiger partial charge in [0.25, 0.3) is 5.91 Å². The lowest BCUT2D eigenvalue weighted by Crippen LogP contribution is -2.59. The number of carbonyl (C=O) groups excluding carboxylic acids is 1. The van der Waals surface area contributed by atoms with E-state index in [1.165, 1.54) is 5.56 Å². The van der Waals surface area contributed by atoms with Crippen LogP contribution in [0.3, 0.4) is 0 Å². The number of benzene rings is 2. The summed E-state index contributed by atoms with van der Waals surface area (Å²) >= 11 is 0. The van der Waals surface area contributed by atoms with Gasteiger partial charge in [-0.05, 0) is 40.5 Å². The molecule has 1 unspecified atom stereocenters. The van der Waals surface area contributed by atoms with Gasteiger partial charge >= 0.3 is 0 Å². The van der Waals surface area contributed by atoms with Crippen LogP contribution in [0.1, 0.15) is 25.8 Å². The molecule has 0 aliphatic carbocycles. The van der Waals surface area contributed by atoms with E-state index in [0.717, 1.165) is 41.8 Å². The van der Waals surface area contributed by atoms with Crippen LogP contribution in [0.5, 0.6) is 0 Å². The first kappa shape index (κ1) is 20.2. The summed E-state index contributed by atoms with van der Waals surface area (Å²) in [5.41, 5.74) is 8.42. The number of hydrogen-bond acceptors (Lipinski definition) is 7. The van der Waals surface area contributed by atoms with Gasteiger partial charge in [-0.2, -0.15) is 0 Å². The highest BCUT2D eigenvalue weighted by molar-refractivity contribution is 5.80. The third-order valence-corrected chi connectivity index (χ3v) is 5.91. The topological polar surface area (TPSA) is 93.3 Å². The number of amides is 1. The molecule has 2 aliphatic rings. The van der Waals surface area contributed by atoms with Crippen molar-refractivity contribution in [2.45, 2.75) is 32.9 Å². The number of fused-ring (bicyclic) bond motifs is 1. The maximum atomic E-state index is 12.1. The van der Waals surface area contributed by atoms with Crippen molar-refractivity contribution in [3.8, 4) is 22.5 Å². The van der Waals surface area contributed by atoms with Gasteiger partial charge in [0.05, 0.1) is 0 Å². The number of tetrazole rings is 1. The third-order valence-electron chi connectivity index (χ3n) is 5.91. The Hall–Kier alpha value is -3.72. The second-order valence-electron chi connectivity index (χ2n) is 8.12. The van der Waals surface area contributed by atoms with Gasteiger partial charge in [-0.3, -0.25) is 15.2 Å². The maximum Gasteiger partial charge on any atom is 0.257 e. The number of hydrogen-bond donors (Lipinski definition) is 2. The van der Waals surface area contributed by atoms with Crippen molar-refractivity contribution in [1.29, 1.82) is 0 Å². The summed E-state index contributed by atoms with van der Waals surface area (Å²) in [4.78, 5) is 14.4. The van der Waals surface area contributed by atoms with Crippen molar-refractivity contribution >= 4 is 5.91 Å². The number of aromatic amines is 1. The summed E-state index contributed by atoms with van der Waals surface area (Å²) < 4.78 is 0. The Labute approximate surface area is 186 Å². The zero-order valence-corrected chi connectivity index (χ0v) is 18.2. The number of carbonyl (C=O) groups is 1. The minimum atomic E-state index is 0.0231. The summed E-state index contributed by atoms with van der Waals surface area (Å²) in [7, 11) is 0. The average molecular weight is 431 g/mol. The van der Waals surface area contributed by atoms with Crippen LogP contribution in [0.15, 0.2) is 60.4 Å². The predicted octanol–water partition coefficient (Wildman–Crippen LogP) is 2.55. The Bertz CT molecular complexity index is 1130. The fraction of sp³-hybridized carbons (Fsp3) is 0.304. The van der Waals surface area contributed by atoms with E-state index < -0.39 is 0 Å². The molecule has 2 N–H and O–H groups in total. The second-order valence-corrected chi connectivity index (χ2v) is 8.12. The monoisotopic (exact) mass is 430 g/mol. The van der Waals surface area contributed by atoms with Crippen LogP contribution in [0, 0.1) is 0 Å². The molecule has 32 heavy (non-hydrogen) atoms. The fourth-order valence-electron chi connectivity index (χ4n) is 4.42. The van der Waals surface area contributed by atoms with Gasteiger partial charge in [-0.25, -0.2) is 5.10 Å². The molecule has 5 rings (SSSR count). The van der Waals surface area contributed by atoms with Gasteiger partial charge in [-0.1, -0.05) is 55.5 Å². The van der Waals surface area contributed by atoms with E-state index in [1.54, 1.807) is 0 Å². The lowest BCUT2D eigenvalue weighted by Gasteiger charge is -2.45. The number of nitrogens with zero attached hydrogens (tertiary/aromatic N) is 6. The molecule has 0 spiro atoms. The van der Waals surface area contributed by atoms with Crippen molar-refractivity contribution in [1.82, 2.24) is 41.1 Å². The van der Waals surface area contributed by atoms with E-state index in [9.17, 15) is 4.79 Å². The summed E-state index contributed by atoms with van der Waals surface area (Å²) in [6, 6.07) is 16.6. The summed E-state index contributed by atoms with van der Waals surface area (Å²) in [5, 5.41) is 18.3. The van der Waals surface area contributed by atoms with E-state index in [0.29, 0.717) is 12.4 Å². The van der Waals surface area contributed by atoms with Gasteiger partial charge < -0.3 is 4.90 Å². The lowest BCUT2D eigenvalue weighted by molar-refractivity contribution is -0.125. The number of rotatable bonds is 6. The molecule has 1 fully saturated rings. The molecule has 3 aromatic rings. The van der Waals surface area contributed by atoms with Crippen molar-refractivity contribution < 1.29 is 4.79 Å². The quantitative estimate of drug-likeness (QED) is 0.621. The molecule has 0 saturated carbocycles. The van der Waals surface area contributed by atoms with Crippen LogP contribution in [0.2, 0.25) is 0 Å². The minimum Gasteiger partial charge on any atom is -0.357 e. The number of H-pyrrole nitrogens is 1. The van der Waals surface area contributed by atoms with E-state index >= 15 is 0 Å².